The van der Waals surface area contributed by atoms with Crippen LogP contribution in [0.3, 0.4) is 0 Å². The smallest absolute Gasteiger partial charge is 0.241 e. The molecule has 6 nitrogen and oxygen atoms in total. The zero-order valence-corrected chi connectivity index (χ0v) is 14.1. The first-order valence-electron chi connectivity index (χ1n) is 8.71. The van der Waals surface area contributed by atoms with Gasteiger partial charge in [-0.3, -0.25) is 4.90 Å². The Bertz CT molecular complexity index is 627. The van der Waals surface area contributed by atoms with Gasteiger partial charge in [0.2, 0.25) is 11.7 Å². The van der Waals surface area contributed by atoms with Crippen molar-refractivity contribution in [2.45, 2.75) is 45.2 Å². The minimum absolute atomic E-state index is 0.257. The van der Waals surface area contributed by atoms with Gasteiger partial charge in [0.25, 0.3) is 0 Å². The highest BCUT2D eigenvalue weighted by Crippen LogP contribution is 2.24. The van der Waals surface area contributed by atoms with Gasteiger partial charge < -0.3 is 14.4 Å². The van der Waals surface area contributed by atoms with E-state index in [0.29, 0.717) is 30.9 Å². The lowest BCUT2D eigenvalue weighted by Gasteiger charge is -2.22. The molecule has 0 aliphatic carbocycles. The fraction of sp³-hybridized carbons (Fsp3) is 0.556. The Kier molecular flexibility index (Phi) is 5.82. The van der Waals surface area contributed by atoms with Crippen molar-refractivity contribution >= 4 is 0 Å². The minimum Gasteiger partial charge on any atom is -0.494 e. The summed E-state index contributed by atoms with van der Waals surface area (Å²) < 4.78 is 10.9. The largest absolute Gasteiger partial charge is 0.494 e. The molecule has 2 heterocycles. The van der Waals surface area contributed by atoms with Gasteiger partial charge in [-0.25, -0.2) is 0 Å². The Labute approximate surface area is 142 Å². The van der Waals surface area contributed by atoms with Gasteiger partial charge in [0.1, 0.15) is 5.75 Å². The second-order valence-electron chi connectivity index (χ2n) is 6.10. The van der Waals surface area contributed by atoms with Crippen LogP contribution in [0.25, 0.3) is 11.4 Å². The molecule has 130 valence electrons. The summed E-state index contributed by atoms with van der Waals surface area (Å²) in [6.07, 6.45) is 4.24. The average Bonchev–Trinajstić information content (AvgIpc) is 3.24. The Hall–Kier alpha value is -1.92. The molecule has 0 radical (unpaired) electrons. The van der Waals surface area contributed by atoms with E-state index in [0.717, 1.165) is 30.7 Å². The molecule has 24 heavy (non-hydrogen) atoms. The van der Waals surface area contributed by atoms with Gasteiger partial charge in [0.05, 0.1) is 13.2 Å². The summed E-state index contributed by atoms with van der Waals surface area (Å²) in [6, 6.07) is 8.23. The zero-order valence-electron chi connectivity index (χ0n) is 14.1. The summed E-state index contributed by atoms with van der Waals surface area (Å²) in [7, 11) is 0. The average molecular weight is 331 g/mol. The van der Waals surface area contributed by atoms with Crippen molar-refractivity contribution in [2.24, 2.45) is 0 Å². The quantitative estimate of drug-likeness (QED) is 0.802. The molecular formula is C18H25N3O3. The molecule has 1 aromatic carbocycles. The first-order valence-corrected chi connectivity index (χ1v) is 8.71. The summed E-state index contributed by atoms with van der Waals surface area (Å²) in [6.45, 7) is 4.61. The number of hydrogen-bond acceptors (Lipinski definition) is 6. The van der Waals surface area contributed by atoms with E-state index in [1.54, 1.807) is 0 Å². The summed E-state index contributed by atoms with van der Waals surface area (Å²) >= 11 is 0. The van der Waals surface area contributed by atoms with E-state index in [1.165, 1.54) is 12.8 Å². The van der Waals surface area contributed by atoms with Crippen molar-refractivity contribution < 1.29 is 14.4 Å². The van der Waals surface area contributed by atoms with Crippen molar-refractivity contribution in [1.29, 1.82) is 0 Å². The predicted octanol–water partition coefficient (Wildman–Crippen LogP) is 2.87. The molecule has 6 heteroatoms. The number of rotatable bonds is 8. The molecule has 0 spiro atoms. The second kappa shape index (κ2) is 8.26. The van der Waals surface area contributed by atoms with Crippen LogP contribution in [-0.4, -0.2) is 45.9 Å². The van der Waals surface area contributed by atoms with Crippen LogP contribution in [0.1, 0.15) is 38.5 Å². The van der Waals surface area contributed by atoms with Crippen LogP contribution in [0.15, 0.2) is 28.8 Å². The highest BCUT2D eigenvalue weighted by Gasteiger charge is 2.25. The van der Waals surface area contributed by atoms with Gasteiger partial charge in [-0.05, 0) is 63.4 Å². The van der Waals surface area contributed by atoms with E-state index in [9.17, 15) is 0 Å². The van der Waals surface area contributed by atoms with Crippen molar-refractivity contribution in [2.75, 3.05) is 19.8 Å². The van der Waals surface area contributed by atoms with E-state index >= 15 is 0 Å². The number of aromatic nitrogens is 2. The first kappa shape index (κ1) is 16.9. The first-order chi connectivity index (χ1) is 11.8. The third-order valence-electron chi connectivity index (χ3n) is 4.42. The van der Waals surface area contributed by atoms with E-state index in [4.69, 9.17) is 14.4 Å². The van der Waals surface area contributed by atoms with Crippen LogP contribution in [-0.2, 0) is 6.54 Å². The van der Waals surface area contributed by atoms with Crippen molar-refractivity contribution in [3.8, 4) is 17.1 Å². The molecule has 0 bridgehead atoms. The summed E-state index contributed by atoms with van der Waals surface area (Å²) in [5.41, 5.74) is 0.923. The SMILES string of the molecule is CCOc1ccc(-c2noc(CN3CCCC3CCCO)n2)cc1. The second-order valence-corrected chi connectivity index (χ2v) is 6.10. The normalized spacial score (nSPS) is 18.2. The molecule has 3 rings (SSSR count). The molecule has 1 aliphatic heterocycles. The van der Waals surface area contributed by atoms with E-state index < -0.39 is 0 Å². The maximum atomic E-state index is 9.02. The number of benzene rings is 1. The van der Waals surface area contributed by atoms with Crippen LogP contribution in [0.5, 0.6) is 5.75 Å². The Morgan fingerprint density at radius 2 is 2.17 bits per heavy atom. The van der Waals surface area contributed by atoms with Gasteiger partial charge in [0, 0.05) is 18.2 Å². The lowest BCUT2D eigenvalue weighted by Crippen LogP contribution is -2.29. The monoisotopic (exact) mass is 331 g/mol. The summed E-state index contributed by atoms with van der Waals surface area (Å²) in [5.74, 6) is 2.10. The number of hydrogen-bond donors (Lipinski definition) is 1. The molecule has 1 fully saturated rings. The molecule has 1 aromatic heterocycles. The van der Waals surface area contributed by atoms with Crippen LogP contribution in [0, 0.1) is 0 Å². The highest BCUT2D eigenvalue weighted by atomic mass is 16.5. The maximum absolute atomic E-state index is 9.02. The van der Waals surface area contributed by atoms with Crippen molar-refractivity contribution in [1.82, 2.24) is 15.0 Å². The van der Waals surface area contributed by atoms with Gasteiger partial charge in [-0.2, -0.15) is 4.98 Å². The number of ether oxygens (including phenoxy) is 1. The fourth-order valence-corrected chi connectivity index (χ4v) is 3.23. The van der Waals surface area contributed by atoms with Crippen molar-refractivity contribution in [3.63, 3.8) is 0 Å². The van der Waals surface area contributed by atoms with E-state index in [-0.39, 0.29) is 6.61 Å². The molecule has 1 N–H and O–H groups in total. The maximum Gasteiger partial charge on any atom is 0.241 e. The van der Waals surface area contributed by atoms with Crippen molar-refractivity contribution in [3.05, 3.63) is 30.2 Å². The van der Waals surface area contributed by atoms with Gasteiger partial charge >= 0.3 is 0 Å². The third kappa shape index (κ3) is 4.13. The molecule has 1 unspecified atom stereocenters. The lowest BCUT2D eigenvalue weighted by atomic mass is 10.1. The lowest BCUT2D eigenvalue weighted by molar-refractivity contribution is 0.188. The summed E-state index contributed by atoms with van der Waals surface area (Å²) in [5, 5.41) is 13.1. The third-order valence-corrected chi connectivity index (χ3v) is 4.42. The highest BCUT2D eigenvalue weighted by molar-refractivity contribution is 5.55. The number of likely N-dealkylation sites (tertiary alicyclic amines) is 1. The topological polar surface area (TPSA) is 71.6 Å². The summed E-state index contributed by atoms with van der Waals surface area (Å²) in [4.78, 5) is 6.90. The standard InChI is InChI=1S/C18H25N3O3/c1-2-23-16-9-7-14(8-10-16)18-19-17(24-20-18)13-21-11-3-5-15(21)6-4-12-22/h7-10,15,22H,2-6,11-13H2,1H3. The van der Waals surface area contributed by atoms with Crippen LogP contribution in [0.2, 0.25) is 0 Å². The number of aliphatic hydroxyl groups excluding tert-OH is 1. The molecule has 1 aliphatic rings. The molecule has 0 saturated carbocycles. The van der Waals surface area contributed by atoms with Crippen LogP contribution in [0.4, 0.5) is 0 Å². The number of aliphatic hydroxyl groups is 1. The van der Waals surface area contributed by atoms with Crippen LogP contribution < -0.4 is 4.74 Å². The predicted molar refractivity (Wildman–Crippen MR) is 90.7 cm³/mol. The molecule has 1 saturated heterocycles. The number of nitrogens with zero attached hydrogens (tertiary/aromatic N) is 3. The fourth-order valence-electron chi connectivity index (χ4n) is 3.23. The molecule has 0 amide bonds. The Morgan fingerprint density at radius 1 is 1.33 bits per heavy atom. The van der Waals surface area contributed by atoms with E-state index in [2.05, 4.69) is 15.0 Å². The van der Waals surface area contributed by atoms with Crippen LogP contribution >= 0.6 is 0 Å². The molecule has 2 aromatic rings. The van der Waals surface area contributed by atoms with Gasteiger partial charge in [0.15, 0.2) is 0 Å². The van der Waals surface area contributed by atoms with E-state index in [1.807, 2.05) is 31.2 Å². The molecule has 1 atom stereocenters. The molecular weight excluding hydrogens is 306 g/mol. The van der Waals surface area contributed by atoms with Gasteiger partial charge in [-0.1, -0.05) is 5.16 Å². The zero-order chi connectivity index (χ0) is 16.8. The van der Waals surface area contributed by atoms with Gasteiger partial charge in [-0.15, -0.1) is 0 Å². The Balaban J connectivity index is 1.62. The minimum atomic E-state index is 0.257. The Morgan fingerprint density at radius 3 is 2.92 bits per heavy atom.